The van der Waals surface area contributed by atoms with Crippen LogP contribution in [0.3, 0.4) is 0 Å². The van der Waals surface area contributed by atoms with Crippen LogP contribution in [0.15, 0.2) is 36.1 Å². The summed E-state index contributed by atoms with van der Waals surface area (Å²) in [4.78, 5) is 0. The number of rotatable bonds is 2. The Morgan fingerprint density at radius 1 is 1.57 bits per heavy atom. The molecule has 0 aromatic carbocycles. The van der Waals surface area contributed by atoms with Crippen molar-refractivity contribution in [2.45, 2.75) is 26.7 Å². The van der Waals surface area contributed by atoms with Crippen LogP contribution in [0.25, 0.3) is 0 Å². The zero-order chi connectivity index (χ0) is 10.4. The molecule has 1 aliphatic rings. The number of hydrogen-bond acceptors (Lipinski definition) is 2. The molecule has 0 aromatic rings. The van der Waals surface area contributed by atoms with Gasteiger partial charge in [0.1, 0.15) is 5.76 Å². The van der Waals surface area contributed by atoms with Crippen LogP contribution in [0.4, 0.5) is 0 Å². The minimum absolute atomic E-state index is 0.0817. The molecular formula is C12H15NO. The first-order valence-electron chi connectivity index (χ1n) is 4.83. The number of allylic oxidation sites excluding steroid dienone is 5. The number of hydrogen-bond donors (Lipinski definition) is 0. The fraction of sp³-hybridized carbons (Fsp3) is 0.417. The maximum atomic E-state index is 8.40. The standard InChI is InChI=1S/C12H15NO/c1-3-12(2)8-5-4-6-11(7-9-12)14-10-13/h5-9H,3-4H2,1-2H3/b8-5-,9-7?,11-6+. The van der Waals surface area contributed by atoms with E-state index < -0.39 is 0 Å². The summed E-state index contributed by atoms with van der Waals surface area (Å²) >= 11 is 0. The maximum absolute atomic E-state index is 8.40. The average molecular weight is 189 g/mol. The van der Waals surface area contributed by atoms with Crippen LogP contribution >= 0.6 is 0 Å². The predicted octanol–water partition coefficient (Wildman–Crippen LogP) is 3.30. The van der Waals surface area contributed by atoms with Crippen molar-refractivity contribution in [1.82, 2.24) is 0 Å². The van der Waals surface area contributed by atoms with Crippen molar-refractivity contribution in [2.24, 2.45) is 5.41 Å². The Hall–Kier alpha value is -1.49. The van der Waals surface area contributed by atoms with E-state index in [1.807, 2.05) is 12.2 Å². The molecule has 0 radical (unpaired) electrons. The highest BCUT2D eigenvalue weighted by Crippen LogP contribution is 2.27. The average Bonchev–Trinajstić information content (AvgIpc) is 2.18. The summed E-state index contributed by atoms with van der Waals surface area (Å²) in [6.07, 6.45) is 13.7. The van der Waals surface area contributed by atoms with Gasteiger partial charge in [-0.3, -0.25) is 0 Å². The van der Waals surface area contributed by atoms with Crippen molar-refractivity contribution in [3.63, 3.8) is 0 Å². The predicted molar refractivity (Wildman–Crippen MR) is 56.1 cm³/mol. The maximum Gasteiger partial charge on any atom is 0.292 e. The zero-order valence-electron chi connectivity index (χ0n) is 8.66. The van der Waals surface area contributed by atoms with E-state index in [1.165, 1.54) is 0 Å². The molecule has 0 heterocycles. The zero-order valence-corrected chi connectivity index (χ0v) is 8.66. The SMILES string of the molecule is CCC1(C)C=C/C(OC#N)=C\C/C=C\1. The van der Waals surface area contributed by atoms with Gasteiger partial charge in [-0.2, -0.15) is 0 Å². The van der Waals surface area contributed by atoms with Gasteiger partial charge in [0, 0.05) is 5.41 Å². The summed E-state index contributed by atoms with van der Waals surface area (Å²) in [5.74, 6) is 0.636. The first kappa shape index (κ1) is 10.6. The minimum Gasteiger partial charge on any atom is -0.388 e. The summed E-state index contributed by atoms with van der Waals surface area (Å²) in [5, 5.41) is 8.40. The van der Waals surface area contributed by atoms with Crippen molar-refractivity contribution < 1.29 is 4.74 Å². The van der Waals surface area contributed by atoms with Crippen molar-refractivity contribution in [3.05, 3.63) is 36.1 Å². The van der Waals surface area contributed by atoms with Crippen molar-refractivity contribution in [1.29, 1.82) is 5.26 Å². The summed E-state index contributed by atoms with van der Waals surface area (Å²) in [7, 11) is 0. The summed E-state index contributed by atoms with van der Waals surface area (Å²) in [6, 6.07) is 0. The van der Waals surface area contributed by atoms with Crippen molar-refractivity contribution in [2.75, 3.05) is 0 Å². The third-order valence-corrected chi connectivity index (χ3v) is 2.51. The van der Waals surface area contributed by atoms with Crippen LogP contribution in [-0.2, 0) is 4.74 Å². The molecule has 0 aromatic heterocycles. The van der Waals surface area contributed by atoms with Gasteiger partial charge in [0.25, 0.3) is 6.26 Å². The molecule has 0 spiro atoms. The number of nitrogens with zero attached hydrogens (tertiary/aromatic N) is 1. The van der Waals surface area contributed by atoms with Crippen LogP contribution in [0.2, 0.25) is 0 Å². The molecule has 0 saturated heterocycles. The van der Waals surface area contributed by atoms with E-state index in [0.717, 1.165) is 12.8 Å². The van der Waals surface area contributed by atoms with Crippen molar-refractivity contribution in [3.8, 4) is 6.26 Å². The smallest absolute Gasteiger partial charge is 0.292 e. The van der Waals surface area contributed by atoms with Crippen molar-refractivity contribution >= 4 is 0 Å². The monoisotopic (exact) mass is 189 g/mol. The topological polar surface area (TPSA) is 33.0 Å². The second kappa shape index (κ2) is 4.66. The lowest BCUT2D eigenvalue weighted by atomic mass is 9.85. The second-order valence-corrected chi connectivity index (χ2v) is 3.63. The number of nitriles is 1. The third-order valence-electron chi connectivity index (χ3n) is 2.51. The van der Waals surface area contributed by atoms with Gasteiger partial charge >= 0.3 is 0 Å². The normalized spacial score (nSPS) is 31.9. The highest BCUT2D eigenvalue weighted by molar-refractivity contribution is 5.23. The Balaban J connectivity index is 2.85. The molecule has 0 saturated carbocycles. The quantitative estimate of drug-likeness (QED) is 0.493. The largest absolute Gasteiger partial charge is 0.388 e. The molecule has 1 rings (SSSR count). The highest BCUT2D eigenvalue weighted by atomic mass is 16.5. The summed E-state index contributed by atoms with van der Waals surface area (Å²) in [5.41, 5.74) is 0.0817. The first-order valence-corrected chi connectivity index (χ1v) is 4.83. The summed E-state index contributed by atoms with van der Waals surface area (Å²) < 4.78 is 4.80. The first-order chi connectivity index (χ1) is 6.70. The minimum atomic E-state index is 0.0817. The van der Waals surface area contributed by atoms with E-state index >= 15 is 0 Å². The fourth-order valence-corrected chi connectivity index (χ4v) is 1.28. The van der Waals surface area contributed by atoms with Gasteiger partial charge in [0.2, 0.25) is 0 Å². The Bertz CT molecular complexity index is 320. The van der Waals surface area contributed by atoms with Crippen LogP contribution in [-0.4, -0.2) is 0 Å². The Kier molecular flexibility index (Phi) is 3.53. The fourth-order valence-electron chi connectivity index (χ4n) is 1.28. The van der Waals surface area contributed by atoms with Crippen LogP contribution in [0.5, 0.6) is 0 Å². The van der Waals surface area contributed by atoms with Gasteiger partial charge in [-0.05, 0) is 25.0 Å². The molecule has 0 bridgehead atoms. The molecule has 1 unspecified atom stereocenters. The molecule has 1 aliphatic carbocycles. The van der Waals surface area contributed by atoms with Crippen LogP contribution in [0.1, 0.15) is 26.7 Å². The lowest BCUT2D eigenvalue weighted by molar-refractivity contribution is 0.388. The van der Waals surface area contributed by atoms with Gasteiger partial charge in [-0.1, -0.05) is 32.1 Å². The van der Waals surface area contributed by atoms with E-state index in [9.17, 15) is 0 Å². The number of ether oxygens (including phenoxy) is 1. The second-order valence-electron chi connectivity index (χ2n) is 3.63. The Labute approximate surface area is 85.2 Å². The van der Waals surface area contributed by atoms with Crippen LogP contribution in [0, 0.1) is 16.9 Å². The Morgan fingerprint density at radius 2 is 2.36 bits per heavy atom. The lowest BCUT2D eigenvalue weighted by Gasteiger charge is -2.20. The van der Waals surface area contributed by atoms with Gasteiger partial charge in [0.05, 0.1) is 0 Å². The van der Waals surface area contributed by atoms with Gasteiger partial charge in [0.15, 0.2) is 0 Å². The summed E-state index contributed by atoms with van der Waals surface area (Å²) in [6.45, 7) is 4.31. The van der Waals surface area contributed by atoms with Crippen LogP contribution < -0.4 is 0 Å². The molecule has 2 heteroatoms. The molecular weight excluding hydrogens is 174 g/mol. The highest BCUT2D eigenvalue weighted by Gasteiger charge is 2.14. The Morgan fingerprint density at radius 3 is 3.00 bits per heavy atom. The molecule has 0 amide bonds. The molecule has 0 N–H and O–H groups in total. The van der Waals surface area contributed by atoms with Gasteiger partial charge < -0.3 is 4.74 Å². The lowest BCUT2D eigenvalue weighted by Crippen LogP contribution is -2.08. The van der Waals surface area contributed by atoms with E-state index in [0.29, 0.717) is 5.76 Å². The third kappa shape index (κ3) is 2.77. The molecule has 74 valence electrons. The molecule has 0 aliphatic heterocycles. The van der Waals surface area contributed by atoms with Gasteiger partial charge in [-0.25, -0.2) is 0 Å². The molecule has 2 nitrogen and oxygen atoms in total. The van der Waals surface area contributed by atoms with E-state index in [1.54, 1.807) is 6.26 Å². The van der Waals surface area contributed by atoms with Gasteiger partial charge in [-0.15, -0.1) is 5.26 Å². The molecule has 0 fully saturated rings. The van der Waals surface area contributed by atoms with E-state index in [-0.39, 0.29) is 5.41 Å². The molecule has 1 atom stereocenters. The molecule has 14 heavy (non-hydrogen) atoms. The van der Waals surface area contributed by atoms with E-state index in [2.05, 4.69) is 32.1 Å². The van der Waals surface area contributed by atoms with E-state index in [4.69, 9.17) is 10.00 Å².